The van der Waals surface area contributed by atoms with Crippen LogP contribution in [-0.4, -0.2) is 19.9 Å². The molecule has 2 N–H and O–H groups in total. The molecule has 5 heteroatoms. The van der Waals surface area contributed by atoms with Crippen LogP contribution in [0.3, 0.4) is 0 Å². The van der Waals surface area contributed by atoms with Gasteiger partial charge in [0.25, 0.3) is 0 Å². The first-order valence-corrected chi connectivity index (χ1v) is 9.26. The maximum atomic E-state index is 4.91. The Kier molecular flexibility index (Phi) is 4.26. The molecule has 5 heterocycles. The van der Waals surface area contributed by atoms with Gasteiger partial charge in [-0.1, -0.05) is 24.3 Å². The summed E-state index contributed by atoms with van der Waals surface area (Å²) < 4.78 is 0. The van der Waals surface area contributed by atoms with E-state index < -0.39 is 0 Å². The van der Waals surface area contributed by atoms with E-state index in [1.165, 1.54) is 0 Å². The molecule has 6 rings (SSSR count). The zero-order chi connectivity index (χ0) is 18.5. The van der Waals surface area contributed by atoms with Gasteiger partial charge in [0.2, 0.25) is 0 Å². The van der Waals surface area contributed by atoms with E-state index in [4.69, 9.17) is 4.98 Å². The summed E-state index contributed by atoms with van der Waals surface area (Å²) in [7, 11) is 0. The van der Waals surface area contributed by atoms with Crippen LogP contribution in [0.15, 0.2) is 72.8 Å². The van der Waals surface area contributed by atoms with Crippen molar-refractivity contribution in [3.63, 3.8) is 0 Å². The van der Waals surface area contributed by atoms with Crippen LogP contribution in [0.1, 0.15) is 11.4 Å². The van der Waals surface area contributed by atoms with Gasteiger partial charge in [0.1, 0.15) is 0 Å². The number of H-pyrrole nitrogens is 2. The normalized spacial score (nSPS) is 11.7. The van der Waals surface area contributed by atoms with Crippen LogP contribution in [0.2, 0.25) is 0 Å². The molecule has 0 saturated heterocycles. The summed E-state index contributed by atoms with van der Waals surface area (Å²) in [6.07, 6.45) is 4.06. The van der Waals surface area contributed by atoms with E-state index in [1.807, 2.05) is 12.2 Å². The van der Waals surface area contributed by atoms with E-state index in [2.05, 4.69) is 87.7 Å². The average molecular weight is 426 g/mol. The van der Waals surface area contributed by atoms with E-state index in [0.717, 1.165) is 56.0 Å². The van der Waals surface area contributed by atoms with E-state index in [9.17, 15) is 0 Å². The summed E-state index contributed by atoms with van der Waals surface area (Å²) in [5, 5.41) is 0. The molecule has 3 aromatic heterocycles. The van der Waals surface area contributed by atoms with Crippen molar-refractivity contribution in [2.24, 2.45) is 0 Å². The molecule has 0 unspecified atom stereocenters. The molecule has 0 spiro atoms. The molecule has 0 radical (unpaired) electrons. The van der Waals surface area contributed by atoms with Crippen molar-refractivity contribution in [2.75, 3.05) is 0 Å². The van der Waals surface area contributed by atoms with E-state index in [-0.39, 0.29) is 19.5 Å². The Hall–Kier alpha value is -3.30. The third-order valence-corrected chi connectivity index (χ3v) is 5.06. The molecular weight excluding hydrogens is 410 g/mol. The zero-order valence-electron chi connectivity index (χ0n) is 15.7. The maximum Gasteiger partial charge on any atom is 0.0737 e. The van der Waals surface area contributed by atoms with Gasteiger partial charge in [0.15, 0.2) is 0 Å². The van der Waals surface area contributed by atoms with Crippen molar-refractivity contribution < 1.29 is 19.5 Å². The Morgan fingerprint density at radius 3 is 1.45 bits per heavy atom. The fourth-order valence-corrected chi connectivity index (χ4v) is 3.76. The van der Waals surface area contributed by atoms with Gasteiger partial charge in [-0.2, -0.15) is 0 Å². The predicted molar refractivity (Wildman–Crippen MR) is 114 cm³/mol. The van der Waals surface area contributed by atoms with Crippen molar-refractivity contribution in [3.8, 4) is 22.5 Å². The summed E-state index contributed by atoms with van der Waals surface area (Å²) in [5.74, 6) is 0. The summed E-state index contributed by atoms with van der Waals surface area (Å²) in [4.78, 5) is 16.5. The third kappa shape index (κ3) is 3.24. The van der Waals surface area contributed by atoms with Crippen LogP contribution >= 0.6 is 0 Å². The van der Waals surface area contributed by atoms with E-state index >= 15 is 0 Å². The Bertz CT molecular complexity index is 1320. The molecule has 2 aliphatic rings. The van der Waals surface area contributed by atoms with Crippen molar-refractivity contribution in [2.45, 2.75) is 0 Å². The second-order valence-corrected chi connectivity index (χ2v) is 7.04. The Labute approximate surface area is 180 Å². The fourth-order valence-electron chi connectivity index (χ4n) is 3.76. The molecular formula is C24H16N4Zn. The quantitative estimate of drug-likeness (QED) is 0.301. The first kappa shape index (κ1) is 17.8. The van der Waals surface area contributed by atoms with Gasteiger partial charge >= 0.3 is 0 Å². The third-order valence-electron chi connectivity index (χ3n) is 5.06. The van der Waals surface area contributed by atoms with Gasteiger partial charge in [-0.25, -0.2) is 9.97 Å². The number of aromatic nitrogens is 4. The number of nitrogens with zero attached hydrogens (tertiary/aromatic N) is 2. The number of benzene rings is 1. The molecule has 29 heavy (non-hydrogen) atoms. The number of hydrogen-bond donors (Lipinski definition) is 2. The van der Waals surface area contributed by atoms with Gasteiger partial charge in [-0.05, 0) is 60.7 Å². The Morgan fingerprint density at radius 1 is 0.517 bits per heavy atom. The van der Waals surface area contributed by atoms with Crippen LogP contribution in [0.4, 0.5) is 0 Å². The summed E-state index contributed by atoms with van der Waals surface area (Å²) in [5.41, 5.74) is 10.2. The number of aromatic amines is 2. The van der Waals surface area contributed by atoms with Gasteiger partial charge in [-0.15, -0.1) is 0 Å². The minimum absolute atomic E-state index is 0. The van der Waals surface area contributed by atoms with E-state index in [0.29, 0.717) is 0 Å². The summed E-state index contributed by atoms with van der Waals surface area (Å²) in [6.45, 7) is 0. The molecule has 0 amide bonds. The van der Waals surface area contributed by atoms with Gasteiger partial charge in [0, 0.05) is 52.7 Å². The monoisotopic (exact) mass is 424 g/mol. The Balaban J connectivity index is 0.00000181. The topological polar surface area (TPSA) is 57.4 Å². The number of fused-ring (bicyclic) bond motifs is 11. The molecule has 0 fully saturated rings. The van der Waals surface area contributed by atoms with Crippen LogP contribution in [0, 0.1) is 0 Å². The molecule has 1 aromatic carbocycles. The van der Waals surface area contributed by atoms with Gasteiger partial charge in [-0.3, -0.25) is 0 Å². The average Bonchev–Trinajstić information content (AvgIpc) is 3.47. The van der Waals surface area contributed by atoms with Crippen LogP contribution in [0.5, 0.6) is 0 Å². The standard InChI is InChI=1S/C24H16N4.Zn/c1-2-4-22-21(3-1)23-13-19-9-7-17(26-19)11-15-5-6-16(25-15)12-18-8-10-20(27-18)14-24(22)28-23;/h1-14,26-27H;. The SMILES string of the molecule is C1=Cc2cc3ccc(cc4nc(cc5ccc(cc1n2)[nH]5)-c1ccccc1-4)[nH]3.[Zn]. The summed E-state index contributed by atoms with van der Waals surface area (Å²) in [6, 6.07) is 24.9. The maximum absolute atomic E-state index is 4.91. The van der Waals surface area contributed by atoms with Gasteiger partial charge in [0.05, 0.1) is 22.8 Å². The molecule has 4 nitrogen and oxygen atoms in total. The van der Waals surface area contributed by atoms with Crippen molar-refractivity contribution in [1.82, 2.24) is 19.9 Å². The van der Waals surface area contributed by atoms with Crippen LogP contribution in [0.25, 0.3) is 56.7 Å². The fraction of sp³-hybridized carbons (Fsp3) is 0. The van der Waals surface area contributed by atoms with Crippen LogP contribution < -0.4 is 0 Å². The molecule has 134 valence electrons. The summed E-state index contributed by atoms with van der Waals surface area (Å²) >= 11 is 0. The molecule has 0 aliphatic carbocycles. The Morgan fingerprint density at radius 2 is 0.966 bits per heavy atom. The van der Waals surface area contributed by atoms with Crippen molar-refractivity contribution >= 4 is 34.2 Å². The molecule has 0 atom stereocenters. The van der Waals surface area contributed by atoms with Crippen molar-refractivity contribution in [3.05, 3.63) is 84.2 Å². The minimum atomic E-state index is 0. The molecule has 2 aliphatic heterocycles. The first-order chi connectivity index (χ1) is 13.8. The second-order valence-electron chi connectivity index (χ2n) is 7.04. The van der Waals surface area contributed by atoms with Gasteiger partial charge < -0.3 is 9.97 Å². The smallest absolute Gasteiger partial charge is 0.0737 e. The van der Waals surface area contributed by atoms with Crippen LogP contribution in [-0.2, 0) is 19.5 Å². The molecule has 8 bridgehead atoms. The second kappa shape index (κ2) is 6.95. The largest absolute Gasteiger partial charge is 0.355 e. The molecule has 4 aromatic rings. The minimum Gasteiger partial charge on any atom is -0.355 e. The zero-order valence-corrected chi connectivity index (χ0v) is 18.7. The predicted octanol–water partition coefficient (Wildman–Crippen LogP) is 5.82. The number of rotatable bonds is 0. The van der Waals surface area contributed by atoms with Crippen molar-refractivity contribution in [1.29, 1.82) is 0 Å². The molecule has 0 saturated carbocycles. The first-order valence-electron chi connectivity index (χ1n) is 9.26. The van der Waals surface area contributed by atoms with E-state index in [1.54, 1.807) is 0 Å². The number of hydrogen-bond acceptors (Lipinski definition) is 2. The number of nitrogens with one attached hydrogen (secondary N) is 2.